The summed E-state index contributed by atoms with van der Waals surface area (Å²) in [5, 5.41) is 3.29. The van der Waals surface area contributed by atoms with Crippen LogP contribution in [0, 0.1) is 19.7 Å². The highest BCUT2D eigenvalue weighted by Crippen LogP contribution is 2.31. The molecule has 1 N–H and O–H groups in total. The minimum Gasteiger partial charge on any atom is -0.325 e. The van der Waals surface area contributed by atoms with E-state index < -0.39 is 5.25 Å². The summed E-state index contributed by atoms with van der Waals surface area (Å²) in [6.45, 7) is 4.15. The SMILES string of the molecule is Cc1ccc(NC(=O)C2CC(=O)N(Cc3ccc(F)cc3)C(=Nc3ccc(Cl)cc3)S2)c(C)c1. The fourth-order valence-corrected chi connectivity index (χ4v) is 4.79. The van der Waals surface area contributed by atoms with Crippen LogP contribution in [0.1, 0.15) is 23.1 Å². The second kappa shape index (κ2) is 10.4. The Bertz CT molecular complexity index is 1250. The van der Waals surface area contributed by atoms with Gasteiger partial charge in [0, 0.05) is 17.1 Å². The van der Waals surface area contributed by atoms with Crippen LogP contribution in [-0.2, 0) is 16.1 Å². The van der Waals surface area contributed by atoms with E-state index in [0.29, 0.717) is 21.6 Å². The Hall–Kier alpha value is -3.16. The van der Waals surface area contributed by atoms with Crippen LogP contribution in [0.15, 0.2) is 71.7 Å². The third-order valence-electron chi connectivity index (χ3n) is 5.38. The van der Waals surface area contributed by atoms with Gasteiger partial charge >= 0.3 is 0 Å². The minimum absolute atomic E-state index is 0.0300. The Morgan fingerprint density at radius 1 is 1.12 bits per heavy atom. The molecule has 1 aliphatic heterocycles. The van der Waals surface area contributed by atoms with Crippen molar-refractivity contribution in [2.75, 3.05) is 5.32 Å². The van der Waals surface area contributed by atoms with Crippen molar-refractivity contribution in [2.45, 2.75) is 32.1 Å². The first kappa shape index (κ1) is 24.0. The number of halogens is 2. The average Bonchev–Trinajstić information content (AvgIpc) is 2.80. The maximum Gasteiger partial charge on any atom is 0.238 e. The predicted octanol–water partition coefficient (Wildman–Crippen LogP) is 6.26. The Labute approximate surface area is 207 Å². The minimum atomic E-state index is -0.635. The van der Waals surface area contributed by atoms with Crippen molar-refractivity contribution in [3.8, 4) is 0 Å². The lowest BCUT2D eigenvalue weighted by atomic mass is 10.1. The lowest BCUT2D eigenvalue weighted by Gasteiger charge is -2.32. The van der Waals surface area contributed by atoms with Gasteiger partial charge in [-0.25, -0.2) is 9.38 Å². The Morgan fingerprint density at radius 3 is 2.50 bits per heavy atom. The van der Waals surface area contributed by atoms with E-state index in [0.717, 1.165) is 16.7 Å². The van der Waals surface area contributed by atoms with Crippen LogP contribution < -0.4 is 5.32 Å². The third kappa shape index (κ3) is 5.85. The summed E-state index contributed by atoms with van der Waals surface area (Å²) in [7, 11) is 0. The normalized spacial score (nSPS) is 17.2. The number of hydrogen-bond donors (Lipinski definition) is 1. The zero-order chi connectivity index (χ0) is 24.2. The number of carbonyl (C=O) groups is 2. The van der Waals surface area contributed by atoms with Gasteiger partial charge < -0.3 is 5.32 Å². The molecule has 1 aliphatic rings. The van der Waals surface area contributed by atoms with E-state index in [-0.39, 0.29) is 30.6 Å². The number of rotatable bonds is 5. The molecule has 3 aromatic carbocycles. The van der Waals surface area contributed by atoms with Gasteiger partial charge in [0.25, 0.3) is 0 Å². The first-order valence-corrected chi connectivity index (χ1v) is 12.0. The number of amides is 2. The van der Waals surface area contributed by atoms with Crippen LogP contribution in [0.5, 0.6) is 0 Å². The number of benzene rings is 3. The fraction of sp³-hybridized carbons (Fsp3) is 0.192. The maximum absolute atomic E-state index is 13.3. The molecule has 3 aromatic rings. The largest absolute Gasteiger partial charge is 0.325 e. The van der Waals surface area contributed by atoms with Crippen LogP contribution in [-0.4, -0.2) is 27.1 Å². The van der Waals surface area contributed by atoms with Crippen LogP contribution in [0.3, 0.4) is 0 Å². The molecule has 8 heteroatoms. The quantitative estimate of drug-likeness (QED) is 0.454. The van der Waals surface area contributed by atoms with Crippen molar-refractivity contribution in [3.63, 3.8) is 0 Å². The molecule has 0 aliphatic carbocycles. The molecule has 0 bridgehead atoms. The standard InChI is InChI=1S/C26H23ClFN3O2S/c1-16-3-12-22(17(2)13-16)30-25(33)23-14-24(32)31(15-18-4-8-20(28)9-5-18)26(34-23)29-21-10-6-19(27)7-11-21/h3-13,23H,14-15H2,1-2H3,(H,30,33). The van der Waals surface area contributed by atoms with Gasteiger partial charge in [-0.1, -0.05) is 53.2 Å². The zero-order valence-corrected chi connectivity index (χ0v) is 20.3. The fourth-order valence-electron chi connectivity index (χ4n) is 3.56. The van der Waals surface area contributed by atoms with Crippen molar-refractivity contribution in [1.29, 1.82) is 0 Å². The maximum atomic E-state index is 13.3. The lowest BCUT2D eigenvalue weighted by molar-refractivity contribution is -0.129. The van der Waals surface area contributed by atoms with Crippen molar-refractivity contribution in [2.24, 2.45) is 4.99 Å². The second-order valence-corrected chi connectivity index (χ2v) is 9.70. The molecular weight excluding hydrogens is 473 g/mol. The van der Waals surface area contributed by atoms with Crippen molar-refractivity contribution in [1.82, 2.24) is 4.90 Å². The number of aryl methyl sites for hydroxylation is 2. The van der Waals surface area contributed by atoms with Crippen molar-refractivity contribution >= 4 is 51.7 Å². The molecular formula is C26H23ClFN3O2S. The highest BCUT2D eigenvalue weighted by atomic mass is 35.5. The van der Waals surface area contributed by atoms with Gasteiger partial charge in [0.05, 0.1) is 12.2 Å². The van der Waals surface area contributed by atoms with Crippen molar-refractivity contribution < 1.29 is 14.0 Å². The van der Waals surface area contributed by atoms with Gasteiger partial charge in [-0.15, -0.1) is 0 Å². The molecule has 4 rings (SSSR count). The molecule has 1 saturated heterocycles. The summed E-state index contributed by atoms with van der Waals surface area (Å²) in [4.78, 5) is 32.4. The van der Waals surface area contributed by atoms with Gasteiger partial charge in [0.1, 0.15) is 11.1 Å². The summed E-state index contributed by atoms with van der Waals surface area (Å²) >= 11 is 7.23. The average molecular weight is 496 g/mol. The van der Waals surface area contributed by atoms with Gasteiger partial charge in [-0.05, 0) is 67.4 Å². The van der Waals surface area contributed by atoms with Gasteiger partial charge in [0.15, 0.2) is 5.17 Å². The first-order chi connectivity index (χ1) is 16.3. The predicted molar refractivity (Wildman–Crippen MR) is 136 cm³/mol. The molecule has 174 valence electrons. The summed E-state index contributed by atoms with van der Waals surface area (Å²) in [6.07, 6.45) is 0.0300. The summed E-state index contributed by atoms with van der Waals surface area (Å²) in [5.74, 6) is -0.826. The van der Waals surface area contributed by atoms with E-state index in [1.807, 2.05) is 32.0 Å². The molecule has 5 nitrogen and oxygen atoms in total. The molecule has 1 fully saturated rings. The zero-order valence-electron chi connectivity index (χ0n) is 18.7. The Kier molecular flexibility index (Phi) is 7.34. The monoisotopic (exact) mass is 495 g/mol. The van der Waals surface area contributed by atoms with Gasteiger partial charge in [-0.2, -0.15) is 0 Å². The number of nitrogens with one attached hydrogen (secondary N) is 1. The highest BCUT2D eigenvalue weighted by Gasteiger charge is 2.36. The van der Waals surface area contributed by atoms with Crippen molar-refractivity contribution in [3.05, 3.63) is 94.3 Å². The van der Waals surface area contributed by atoms with E-state index in [2.05, 4.69) is 10.3 Å². The van der Waals surface area contributed by atoms with Crippen LogP contribution in [0.25, 0.3) is 0 Å². The topological polar surface area (TPSA) is 61.8 Å². The summed E-state index contributed by atoms with van der Waals surface area (Å²) < 4.78 is 13.3. The van der Waals surface area contributed by atoms with E-state index in [1.165, 1.54) is 28.8 Å². The first-order valence-electron chi connectivity index (χ1n) is 10.7. The van der Waals surface area contributed by atoms with Crippen LogP contribution in [0.2, 0.25) is 5.02 Å². The number of hydrogen-bond acceptors (Lipinski definition) is 4. The third-order valence-corrected chi connectivity index (χ3v) is 6.82. The number of anilines is 1. The van der Waals surface area contributed by atoms with E-state index in [4.69, 9.17) is 11.6 Å². The molecule has 1 unspecified atom stereocenters. The number of thioether (sulfide) groups is 1. The number of aliphatic imine (C=N–C) groups is 1. The van der Waals surface area contributed by atoms with Gasteiger partial charge in [-0.3, -0.25) is 14.5 Å². The molecule has 2 amide bonds. The van der Waals surface area contributed by atoms with E-state index in [9.17, 15) is 14.0 Å². The molecule has 0 saturated carbocycles. The molecule has 0 radical (unpaired) electrons. The Balaban J connectivity index is 1.60. The van der Waals surface area contributed by atoms with Crippen LogP contribution in [0.4, 0.5) is 15.8 Å². The molecule has 1 heterocycles. The lowest BCUT2D eigenvalue weighted by Crippen LogP contribution is -2.44. The number of nitrogens with zero attached hydrogens (tertiary/aromatic N) is 2. The molecule has 0 spiro atoms. The highest BCUT2D eigenvalue weighted by molar-refractivity contribution is 8.15. The summed E-state index contributed by atoms with van der Waals surface area (Å²) in [5.41, 5.74) is 4.14. The summed E-state index contributed by atoms with van der Waals surface area (Å²) in [6, 6.07) is 18.7. The number of amidine groups is 1. The van der Waals surface area contributed by atoms with E-state index >= 15 is 0 Å². The van der Waals surface area contributed by atoms with E-state index in [1.54, 1.807) is 36.4 Å². The number of carbonyl (C=O) groups excluding carboxylic acids is 2. The molecule has 0 aromatic heterocycles. The van der Waals surface area contributed by atoms with Crippen LogP contribution >= 0.6 is 23.4 Å². The molecule has 34 heavy (non-hydrogen) atoms. The van der Waals surface area contributed by atoms with Gasteiger partial charge in [0.2, 0.25) is 11.8 Å². The second-order valence-electron chi connectivity index (χ2n) is 8.10. The smallest absolute Gasteiger partial charge is 0.238 e. The molecule has 1 atom stereocenters. The Morgan fingerprint density at radius 2 is 1.82 bits per heavy atom.